The normalized spacial score (nSPS) is 10.5. The zero-order valence-corrected chi connectivity index (χ0v) is 14.9. The first-order valence-electron chi connectivity index (χ1n) is 8.13. The van der Waals surface area contributed by atoms with Gasteiger partial charge in [0.25, 0.3) is 0 Å². The van der Waals surface area contributed by atoms with E-state index in [2.05, 4.69) is 15.7 Å². The Morgan fingerprint density at radius 2 is 1.73 bits per heavy atom. The molecule has 0 spiro atoms. The van der Waals surface area contributed by atoms with Crippen molar-refractivity contribution >= 4 is 23.3 Å². The summed E-state index contributed by atoms with van der Waals surface area (Å²) in [6.45, 7) is 3.41. The molecule has 0 fully saturated rings. The number of nitrogens with one attached hydrogen (secondary N) is 2. The third kappa shape index (κ3) is 4.98. The second-order valence-corrected chi connectivity index (χ2v) is 5.92. The molecule has 2 aromatic rings. The Hall–Kier alpha value is -3.03. The van der Waals surface area contributed by atoms with Crippen molar-refractivity contribution in [1.82, 2.24) is 15.1 Å². The number of hydrogen-bond acceptors (Lipinski definition) is 4. The number of ketones is 1. The molecule has 0 bridgehead atoms. The van der Waals surface area contributed by atoms with E-state index in [0.29, 0.717) is 16.9 Å². The van der Waals surface area contributed by atoms with Crippen molar-refractivity contribution in [1.29, 1.82) is 0 Å². The maximum absolute atomic E-state index is 12.8. The molecule has 1 heterocycles. The number of hydrogen-bond donors (Lipinski definition) is 2. The second-order valence-electron chi connectivity index (χ2n) is 5.92. The van der Waals surface area contributed by atoms with Gasteiger partial charge in [-0.2, -0.15) is 5.10 Å². The minimum Gasteiger partial charge on any atom is -0.347 e. The van der Waals surface area contributed by atoms with Crippen LogP contribution in [0.4, 0.5) is 10.1 Å². The maximum atomic E-state index is 12.8. The molecule has 0 unspecified atom stereocenters. The molecule has 0 saturated carbocycles. The van der Waals surface area contributed by atoms with Gasteiger partial charge in [0.15, 0.2) is 5.78 Å². The topological polar surface area (TPSA) is 93.1 Å². The lowest BCUT2D eigenvalue weighted by Gasteiger charge is -2.07. The van der Waals surface area contributed by atoms with Gasteiger partial charge < -0.3 is 10.6 Å². The highest BCUT2D eigenvalue weighted by atomic mass is 19.1. The summed E-state index contributed by atoms with van der Waals surface area (Å²) in [6.07, 6.45) is -0.0612. The Bertz CT molecular complexity index is 828. The number of benzene rings is 1. The minimum atomic E-state index is -0.426. The smallest absolute Gasteiger partial charge is 0.243 e. The van der Waals surface area contributed by atoms with Crippen LogP contribution >= 0.6 is 0 Å². The lowest BCUT2D eigenvalue weighted by atomic mass is 10.1. The lowest BCUT2D eigenvalue weighted by molar-refractivity contribution is -0.124. The first-order chi connectivity index (χ1) is 12.3. The molecule has 1 aromatic carbocycles. The van der Waals surface area contributed by atoms with Crippen molar-refractivity contribution in [3.8, 4) is 0 Å². The number of anilines is 1. The minimum absolute atomic E-state index is 0.0140. The molecule has 2 N–H and O–H groups in total. The fraction of sp³-hybridized carbons (Fsp3) is 0.333. The molecule has 0 aliphatic rings. The zero-order chi connectivity index (χ0) is 19.3. The molecule has 7 nitrogen and oxygen atoms in total. The Balaban J connectivity index is 1.76. The summed E-state index contributed by atoms with van der Waals surface area (Å²) in [5.41, 5.74) is 2.47. The summed E-state index contributed by atoms with van der Waals surface area (Å²) in [5.74, 6) is -1.46. The van der Waals surface area contributed by atoms with Crippen molar-refractivity contribution in [2.24, 2.45) is 7.05 Å². The van der Waals surface area contributed by atoms with E-state index in [-0.39, 0.29) is 31.1 Å². The highest BCUT2D eigenvalue weighted by Gasteiger charge is 2.14. The molecule has 2 rings (SSSR count). The fourth-order valence-electron chi connectivity index (χ4n) is 2.41. The number of nitrogens with zero attached hydrogens (tertiary/aromatic N) is 2. The molecular weight excluding hydrogens is 339 g/mol. The van der Waals surface area contributed by atoms with Crippen LogP contribution < -0.4 is 10.6 Å². The first-order valence-corrected chi connectivity index (χ1v) is 8.13. The van der Waals surface area contributed by atoms with Crippen molar-refractivity contribution in [2.75, 3.05) is 11.9 Å². The number of aromatic nitrogens is 2. The van der Waals surface area contributed by atoms with Crippen molar-refractivity contribution in [3.05, 3.63) is 47.0 Å². The molecule has 2 amide bonds. The third-order valence-corrected chi connectivity index (χ3v) is 3.96. The standard InChI is InChI=1S/C18H21FN4O3/c1-11-18(12(2)23(3)22-11)21-17(26)10-20-16(25)9-8-15(24)13-4-6-14(19)7-5-13/h4-7H,8-10H2,1-3H3,(H,20,25)(H,21,26). The average Bonchev–Trinajstić information content (AvgIpc) is 2.84. The van der Waals surface area contributed by atoms with E-state index >= 15 is 0 Å². The van der Waals surface area contributed by atoms with Crippen molar-refractivity contribution in [2.45, 2.75) is 26.7 Å². The van der Waals surface area contributed by atoms with E-state index in [1.165, 1.54) is 24.3 Å². The van der Waals surface area contributed by atoms with Crippen LogP contribution in [0.3, 0.4) is 0 Å². The SMILES string of the molecule is Cc1nn(C)c(C)c1NC(=O)CNC(=O)CCC(=O)c1ccc(F)cc1. The van der Waals surface area contributed by atoms with Gasteiger partial charge in [0.05, 0.1) is 23.6 Å². The molecule has 1 aromatic heterocycles. The summed E-state index contributed by atoms with van der Waals surface area (Å²) in [6, 6.07) is 5.14. The molecule has 0 aliphatic heterocycles. The summed E-state index contributed by atoms with van der Waals surface area (Å²) in [7, 11) is 1.78. The lowest BCUT2D eigenvalue weighted by Crippen LogP contribution is -2.33. The van der Waals surface area contributed by atoms with Gasteiger partial charge >= 0.3 is 0 Å². The zero-order valence-electron chi connectivity index (χ0n) is 14.9. The number of carbonyl (C=O) groups is 3. The predicted molar refractivity (Wildman–Crippen MR) is 94.3 cm³/mol. The summed E-state index contributed by atoms with van der Waals surface area (Å²) in [5, 5.41) is 9.38. The molecule has 138 valence electrons. The van der Waals surface area contributed by atoms with Gasteiger partial charge in [0.1, 0.15) is 5.82 Å². The fourth-order valence-corrected chi connectivity index (χ4v) is 2.41. The maximum Gasteiger partial charge on any atom is 0.243 e. The number of Topliss-reactive ketones (excluding diaryl/α,β-unsaturated/α-hetero) is 1. The van der Waals surface area contributed by atoms with Crippen molar-refractivity contribution in [3.63, 3.8) is 0 Å². The van der Waals surface area contributed by atoms with Gasteiger partial charge in [-0.05, 0) is 38.1 Å². The molecule has 0 saturated heterocycles. The van der Waals surface area contributed by atoms with E-state index in [9.17, 15) is 18.8 Å². The quantitative estimate of drug-likeness (QED) is 0.738. The van der Waals surface area contributed by atoms with Crippen LogP contribution in [0.2, 0.25) is 0 Å². The van der Waals surface area contributed by atoms with Gasteiger partial charge in [-0.3, -0.25) is 19.1 Å². The number of aryl methyl sites for hydroxylation is 2. The van der Waals surface area contributed by atoms with Gasteiger partial charge in [0, 0.05) is 25.5 Å². The van der Waals surface area contributed by atoms with Crippen molar-refractivity contribution < 1.29 is 18.8 Å². The van der Waals surface area contributed by atoms with E-state index in [1.807, 2.05) is 6.92 Å². The Kier molecular flexibility index (Phi) is 6.21. The van der Waals surface area contributed by atoms with Crippen LogP contribution in [0.25, 0.3) is 0 Å². The highest BCUT2D eigenvalue weighted by molar-refractivity contribution is 5.99. The van der Waals surface area contributed by atoms with Crippen LogP contribution in [-0.2, 0) is 16.6 Å². The number of amides is 2. The second kappa shape index (κ2) is 8.37. The van der Waals surface area contributed by atoms with Crippen LogP contribution in [0.1, 0.15) is 34.6 Å². The molecule has 26 heavy (non-hydrogen) atoms. The third-order valence-electron chi connectivity index (χ3n) is 3.96. The Morgan fingerprint density at radius 1 is 1.08 bits per heavy atom. The molecular formula is C18H21FN4O3. The molecule has 0 radical (unpaired) electrons. The summed E-state index contributed by atoms with van der Waals surface area (Å²) >= 11 is 0. The van der Waals surface area contributed by atoms with Gasteiger partial charge in [-0.25, -0.2) is 4.39 Å². The monoisotopic (exact) mass is 360 g/mol. The van der Waals surface area contributed by atoms with Crippen LogP contribution in [0.15, 0.2) is 24.3 Å². The summed E-state index contributed by atoms with van der Waals surface area (Å²) in [4.78, 5) is 35.7. The number of carbonyl (C=O) groups excluding carboxylic acids is 3. The molecule has 0 aliphatic carbocycles. The van der Waals surface area contributed by atoms with Gasteiger partial charge in [-0.1, -0.05) is 0 Å². The Labute approximate surface area is 150 Å². The number of halogens is 1. The highest BCUT2D eigenvalue weighted by Crippen LogP contribution is 2.17. The largest absolute Gasteiger partial charge is 0.347 e. The van der Waals surface area contributed by atoms with Crippen LogP contribution in [-0.4, -0.2) is 33.9 Å². The van der Waals surface area contributed by atoms with E-state index in [0.717, 1.165) is 5.69 Å². The van der Waals surface area contributed by atoms with E-state index < -0.39 is 11.7 Å². The van der Waals surface area contributed by atoms with Gasteiger partial charge in [-0.15, -0.1) is 0 Å². The summed E-state index contributed by atoms with van der Waals surface area (Å²) < 4.78 is 14.5. The van der Waals surface area contributed by atoms with Crippen LogP contribution in [0.5, 0.6) is 0 Å². The first kappa shape index (κ1) is 19.3. The van der Waals surface area contributed by atoms with Gasteiger partial charge in [0.2, 0.25) is 11.8 Å². The number of rotatable bonds is 7. The molecule has 8 heteroatoms. The average molecular weight is 360 g/mol. The Morgan fingerprint density at radius 3 is 2.31 bits per heavy atom. The van der Waals surface area contributed by atoms with E-state index in [4.69, 9.17) is 0 Å². The molecule has 0 atom stereocenters. The van der Waals surface area contributed by atoms with E-state index in [1.54, 1.807) is 18.7 Å². The predicted octanol–water partition coefficient (Wildman–Crippen LogP) is 1.89. The van der Waals surface area contributed by atoms with Crippen LogP contribution in [0, 0.1) is 19.7 Å².